The molecule has 35 heavy (non-hydrogen) atoms. The third kappa shape index (κ3) is 5.27. The molecule has 1 aromatic heterocycles. The van der Waals surface area contributed by atoms with Crippen molar-refractivity contribution in [2.75, 3.05) is 45.4 Å². The van der Waals surface area contributed by atoms with Crippen LogP contribution in [0.1, 0.15) is 36.7 Å². The van der Waals surface area contributed by atoms with Crippen molar-refractivity contribution in [3.05, 3.63) is 69.8 Å². The molecular formula is C27H33N3O5. The molecule has 3 aromatic rings. The Morgan fingerprint density at radius 3 is 2.29 bits per heavy atom. The Bertz CT molecular complexity index is 1180. The number of aromatic hydroxyl groups is 1. The molecule has 8 heteroatoms. The van der Waals surface area contributed by atoms with E-state index in [9.17, 15) is 9.90 Å². The molecule has 186 valence electrons. The molecule has 1 fully saturated rings. The van der Waals surface area contributed by atoms with Crippen LogP contribution in [-0.4, -0.2) is 55.2 Å². The number of para-hydroxylation sites is 1. The molecule has 2 aromatic carbocycles. The van der Waals surface area contributed by atoms with E-state index < -0.39 is 0 Å². The minimum absolute atomic E-state index is 0.233. The van der Waals surface area contributed by atoms with Gasteiger partial charge in [0.25, 0.3) is 5.56 Å². The van der Waals surface area contributed by atoms with Crippen LogP contribution in [0.15, 0.2) is 47.3 Å². The van der Waals surface area contributed by atoms with Crippen LogP contribution in [0, 0.1) is 0 Å². The van der Waals surface area contributed by atoms with Crippen molar-refractivity contribution in [2.45, 2.75) is 32.6 Å². The Morgan fingerprint density at radius 2 is 1.69 bits per heavy atom. The van der Waals surface area contributed by atoms with E-state index in [2.05, 4.69) is 16.8 Å². The normalized spacial score (nSPS) is 13.6. The first-order valence-corrected chi connectivity index (χ1v) is 12.0. The monoisotopic (exact) mass is 479 g/mol. The molecule has 2 heterocycles. The quantitative estimate of drug-likeness (QED) is 0.501. The van der Waals surface area contributed by atoms with Gasteiger partial charge in [0.2, 0.25) is 5.88 Å². The highest BCUT2D eigenvalue weighted by Crippen LogP contribution is 2.33. The minimum atomic E-state index is -0.330. The predicted molar refractivity (Wildman–Crippen MR) is 135 cm³/mol. The van der Waals surface area contributed by atoms with Gasteiger partial charge in [0, 0.05) is 31.6 Å². The molecule has 8 nitrogen and oxygen atoms in total. The lowest BCUT2D eigenvalue weighted by atomic mass is 10.1. The third-order valence-corrected chi connectivity index (χ3v) is 6.30. The number of anilines is 1. The van der Waals surface area contributed by atoms with E-state index in [0.717, 1.165) is 50.4 Å². The first-order valence-electron chi connectivity index (χ1n) is 12.0. The lowest BCUT2D eigenvalue weighted by Crippen LogP contribution is -2.36. The molecule has 0 saturated carbocycles. The van der Waals surface area contributed by atoms with Crippen LogP contribution in [0.5, 0.6) is 17.4 Å². The van der Waals surface area contributed by atoms with Crippen molar-refractivity contribution in [3.63, 3.8) is 0 Å². The minimum Gasteiger partial charge on any atom is -0.494 e. The fourth-order valence-corrected chi connectivity index (χ4v) is 4.38. The van der Waals surface area contributed by atoms with E-state index in [1.54, 1.807) is 26.4 Å². The van der Waals surface area contributed by atoms with Crippen molar-refractivity contribution in [1.29, 1.82) is 0 Å². The highest BCUT2D eigenvalue weighted by molar-refractivity contribution is 5.58. The van der Waals surface area contributed by atoms with Gasteiger partial charge in [-0.1, -0.05) is 31.5 Å². The second-order valence-electron chi connectivity index (χ2n) is 8.53. The number of benzene rings is 2. The maximum absolute atomic E-state index is 13.9. The van der Waals surface area contributed by atoms with Gasteiger partial charge in [0.05, 0.1) is 33.0 Å². The van der Waals surface area contributed by atoms with E-state index >= 15 is 0 Å². The van der Waals surface area contributed by atoms with Crippen LogP contribution in [0.2, 0.25) is 0 Å². The van der Waals surface area contributed by atoms with Gasteiger partial charge >= 0.3 is 0 Å². The molecular weight excluding hydrogens is 446 g/mol. The van der Waals surface area contributed by atoms with Crippen molar-refractivity contribution in [2.24, 2.45) is 0 Å². The summed E-state index contributed by atoms with van der Waals surface area (Å²) in [5.74, 6) is 1.24. The van der Waals surface area contributed by atoms with E-state index in [4.69, 9.17) is 14.2 Å². The highest BCUT2D eigenvalue weighted by atomic mass is 16.5. The van der Waals surface area contributed by atoms with Crippen molar-refractivity contribution in [1.82, 2.24) is 9.55 Å². The zero-order chi connectivity index (χ0) is 24.8. The number of morpholine rings is 1. The lowest BCUT2D eigenvalue weighted by molar-refractivity contribution is 0.122. The average molecular weight is 480 g/mol. The number of unbranched alkanes of at least 4 members (excludes halogenated alkanes) is 1. The van der Waals surface area contributed by atoms with E-state index in [0.29, 0.717) is 29.4 Å². The van der Waals surface area contributed by atoms with Gasteiger partial charge in [-0.05, 0) is 36.2 Å². The van der Waals surface area contributed by atoms with Crippen molar-refractivity contribution in [3.8, 4) is 23.1 Å². The van der Waals surface area contributed by atoms with Gasteiger partial charge in [0.1, 0.15) is 23.0 Å². The van der Waals surface area contributed by atoms with Crippen LogP contribution >= 0.6 is 0 Å². The summed E-state index contributed by atoms with van der Waals surface area (Å²) in [6, 6.07) is 13.4. The fraction of sp³-hybridized carbons (Fsp3) is 0.407. The average Bonchev–Trinajstić information content (AvgIpc) is 2.90. The first-order chi connectivity index (χ1) is 17.1. The highest BCUT2D eigenvalue weighted by Gasteiger charge is 2.23. The number of rotatable bonds is 9. The molecule has 0 unspecified atom stereocenters. The SMILES string of the molecule is CCCCc1nc(O)c(Cc2ccc(N3CCOCC3)cc2)c(=O)n1-c1c(OC)cccc1OC. The molecule has 0 aliphatic carbocycles. The van der Waals surface area contributed by atoms with E-state index in [-0.39, 0.29) is 23.4 Å². The molecule has 0 spiro atoms. The topological polar surface area (TPSA) is 86.1 Å². The number of aryl methyl sites for hydroxylation is 1. The standard InChI is InChI=1S/C27H33N3O5/c1-4-5-9-24-28-26(31)21(18-19-10-12-20(13-11-19)29-14-16-35-17-15-29)27(32)30(24)25-22(33-2)7-6-8-23(25)34-3/h6-8,10-13,31H,4-5,9,14-18H2,1-3H3. The van der Waals surface area contributed by atoms with Gasteiger partial charge in [-0.15, -0.1) is 0 Å². The van der Waals surface area contributed by atoms with Crippen LogP contribution in [0.3, 0.4) is 0 Å². The van der Waals surface area contributed by atoms with Gasteiger partial charge in [-0.25, -0.2) is 0 Å². The Balaban J connectivity index is 1.76. The Hall–Kier alpha value is -3.52. The summed E-state index contributed by atoms with van der Waals surface area (Å²) in [4.78, 5) is 20.6. The number of ether oxygens (including phenoxy) is 3. The maximum atomic E-state index is 13.9. The summed E-state index contributed by atoms with van der Waals surface area (Å²) in [6.45, 7) is 5.22. The summed E-state index contributed by atoms with van der Waals surface area (Å²) < 4.78 is 18.1. The second-order valence-corrected chi connectivity index (χ2v) is 8.53. The Labute approximate surface area is 205 Å². The van der Waals surface area contributed by atoms with Crippen molar-refractivity contribution >= 4 is 5.69 Å². The molecule has 1 N–H and O–H groups in total. The zero-order valence-corrected chi connectivity index (χ0v) is 20.6. The summed E-state index contributed by atoms with van der Waals surface area (Å²) in [5.41, 5.74) is 2.42. The predicted octanol–water partition coefficient (Wildman–Crippen LogP) is 3.73. The van der Waals surface area contributed by atoms with Crippen LogP contribution in [0.4, 0.5) is 5.69 Å². The second kappa shape index (κ2) is 11.3. The summed E-state index contributed by atoms with van der Waals surface area (Å²) in [7, 11) is 3.11. The van der Waals surface area contributed by atoms with Gasteiger partial charge in [-0.2, -0.15) is 4.98 Å². The molecule has 1 aliphatic heterocycles. The van der Waals surface area contributed by atoms with Gasteiger partial charge in [0.15, 0.2) is 0 Å². The lowest BCUT2D eigenvalue weighted by Gasteiger charge is -2.28. The largest absolute Gasteiger partial charge is 0.494 e. The van der Waals surface area contributed by atoms with Gasteiger partial charge < -0.3 is 24.2 Å². The number of nitrogens with zero attached hydrogens (tertiary/aromatic N) is 3. The van der Waals surface area contributed by atoms with E-state index in [1.807, 2.05) is 30.3 Å². The maximum Gasteiger partial charge on any atom is 0.265 e. The summed E-state index contributed by atoms with van der Waals surface area (Å²) in [6.07, 6.45) is 2.55. The smallest absolute Gasteiger partial charge is 0.265 e. The Kier molecular flexibility index (Phi) is 7.92. The van der Waals surface area contributed by atoms with Crippen LogP contribution in [0.25, 0.3) is 5.69 Å². The molecule has 1 aliphatic rings. The number of hydrogen-bond acceptors (Lipinski definition) is 7. The Morgan fingerprint density at radius 1 is 1.03 bits per heavy atom. The van der Waals surface area contributed by atoms with Crippen LogP contribution < -0.4 is 19.9 Å². The van der Waals surface area contributed by atoms with E-state index in [1.165, 1.54) is 4.57 Å². The molecule has 0 amide bonds. The summed E-state index contributed by atoms with van der Waals surface area (Å²) in [5, 5.41) is 10.8. The first kappa shape index (κ1) is 24.6. The third-order valence-electron chi connectivity index (χ3n) is 6.30. The van der Waals surface area contributed by atoms with Crippen LogP contribution in [-0.2, 0) is 17.6 Å². The molecule has 4 rings (SSSR count). The van der Waals surface area contributed by atoms with Crippen molar-refractivity contribution < 1.29 is 19.3 Å². The molecule has 0 bridgehead atoms. The summed E-state index contributed by atoms with van der Waals surface area (Å²) >= 11 is 0. The number of hydrogen-bond donors (Lipinski definition) is 1. The fourth-order valence-electron chi connectivity index (χ4n) is 4.38. The molecule has 0 radical (unpaired) electrons. The number of aromatic nitrogens is 2. The number of methoxy groups -OCH3 is 2. The zero-order valence-electron chi connectivity index (χ0n) is 20.6. The molecule has 1 saturated heterocycles. The van der Waals surface area contributed by atoms with Gasteiger partial charge in [-0.3, -0.25) is 9.36 Å². The molecule has 0 atom stereocenters.